The van der Waals surface area contributed by atoms with E-state index in [0.717, 1.165) is 5.70 Å². The summed E-state index contributed by atoms with van der Waals surface area (Å²) in [7, 11) is 4.63. The van der Waals surface area contributed by atoms with Crippen molar-refractivity contribution >= 4 is 23.1 Å². The molecule has 35 heavy (non-hydrogen) atoms. The predicted molar refractivity (Wildman–Crippen MR) is 134 cm³/mol. The predicted octanol–water partition coefficient (Wildman–Crippen LogP) is 5.09. The van der Waals surface area contributed by atoms with Gasteiger partial charge in [-0.05, 0) is 48.9 Å². The Bertz CT molecular complexity index is 1160. The van der Waals surface area contributed by atoms with E-state index in [1.807, 2.05) is 25.3 Å². The number of carbonyl (C=O) groups is 2. The van der Waals surface area contributed by atoms with Gasteiger partial charge in [-0.25, -0.2) is 4.79 Å². The van der Waals surface area contributed by atoms with Gasteiger partial charge < -0.3 is 24.3 Å². The third-order valence-electron chi connectivity index (χ3n) is 6.45. The van der Waals surface area contributed by atoms with Crippen molar-refractivity contribution in [3.8, 4) is 17.2 Å². The SMILES string of the molecule is CCCOC(=O)C1=C(C)NC2=C(C(=O)CC(c3cccs3)C2)C1c1cc(OC)c(OC)c(OC)c1. The zero-order chi connectivity index (χ0) is 25.1. The third kappa shape index (κ3) is 4.67. The van der Waals surface area contributed by atoms with E-state index in [1.54, 1.807) is 37.7 Å². The second kappa shape index (κ2) is 10.6. The number of carbonyl (C=O) groups excluding carboxylic acids is 2. The first-order chi connectivity index (χ1) is 16.9. The highest BCUT2D eigenvalue weighted by Crippen LogP contribution is 2.49. The van der Waals surface area contributed by atoms with E-state index < -0.39 is 11.9 Å². The zero-order valence-corrected chi connectivity index (χ0v) is 21.5. The smallest absolute Gasteiger partial charge is 0.336 e. The van der Waals surface area contributed by atoms with Crippen molar-refractivity contribution in [3.05, 3.63) is 62.6 Å². The molecule has 0 amide bonds. The largest absolute Gasteiger partial charge is 0.493 e. The van der Waals surface area contributed by atoms with Crippen molar-refractivity contribution in [2.24, 2.45) is 0 Å². The fourth-order valence-electron chi connectivity index (χ4n) is 4.91. The number of ketones is 1. The molecule has 0 saturated carbocycles. The molecule has 0 fully saturated rings. The van der Waals surface area contributed by atoms with Gasteiger partial charge in [0.25, 0.3) is 0 Å². The minimum Gasteiger partial charge on any atom is -0.493 e. The van der Waals surface area contributed by atoms with Crippen molar-refractivity contribution in [2.45, 2.75) is 44.9 Å². The maximum absolute atomic E-state index is 13.7. The Labute approximate surface area is 209 Å². The van der Waals surface area contributed by atoms with Gasteiger partial charge in [0.15, 0.2) is 17.3 Å². The van der Waals surface area contributed by atoms with E-state index in [-0.39, 0.29) is 11.7 Å². The number of esters is 1. The van der Waals surface area contributed by atoms with Gasteiger partial charge in [0, 0.05) is 40.1 Å². The number of rotatable bonds is 8. The Morgan fingerprint density at radius 3 is 2.40 bits per heavy atom. The van der Waals surface area contributed by atoms with Crippen molar-refractivity contribution in [3.63, 3.8) is 0 Å². The molecule has 4 rings (SSSR count). The molecule has 1 aromatic carbocycles. The van der Waals surface area contributed by atoms with Gasteiger partial charge in [-0.2, -0.15) is 0 Å². The molecule has 0 radical (unpaired) electrons. The van der Waals surface area contributed by atoms with Crippen LogP contribution in [0.2, 0.25) is 0 Å². The van der Waals surface area contributed by atoms with Gasteiger partial charge in [-0.3, -0.25) is 4.79 Å². The van der Waals surface area contributed by atoms with E-state index >= 15 is 0 Å². The number of ether oxygens (including phenoxy) is 4. The molecule has 2 unspecified atom stereocenters. The second-order valence-corrected chi connectivity index (χ2v) is 9.61. The van der Waals surface area contributed by atoms with Crippen molar-refractivity contribution in [2.75, 3.05) is 27.9 Å². The summed E-state index contributed by atoms with van der Waals surface area (Å²) in [5, 5.41) is 5.41. The molecule has 8 heteroatoms. The highest BCUT2D eigenvalue weighted by Gasteiger charge is 2.42. The molecule has 2 heterocycles. The maximum atomic E-state index is 13.7. The minimum absolute atomic E-state index is 0.0178. The van der Waals surface area contributed by atoms with Gasteiger partial charge in [-0.1, -0.05) is 13.0 Å². The first-order valence-corrected chi connectivity index (χ1v) is 12.6. The van der Waals surface area contributed by atoms with E-state index in [1.165, 1.54) is 12.0 Å². The van der Waals surface area contributed by atoms with Gasteiger partial charge in [0.1, 0.15) is 0 Å². The Balaban J connectivity index is 1.87. The number of allylic oxidation sites excluding steroid dienone is 3. The first-order valence-electron chi connectivity index (χ1n) is 11.7. The highest BCUT2D eigenvalue weighted by molar-refractivity contribution is 7.10. The van der Waals surface area contributed by atoms with E-state index in [9.17, 15) is 9.59 Å². The number of hydrogen-bond donors (Lipinski definition) is 1. The molecule has 1 aliphatic heterocycles. The van der Waals surface area contributed by atoms with Crippen LogP contribution in [0.3, 0.4) is 0 Å². The van der Waals surface area contributed by atoms with Crippen molar-refractivity contribution < 1.29 is 28.5 Å². The molecule has 2 aromatic rings. The van der Waals surface area contributed by atoms with Crippen LogP contribution in [0.5, 0.6) is 17.2 Å². The monoisotopic (exact) mass is 497 g/mol. The summed E-state index contributed by atoms with van der Waals surface area (Å²) in [5.74, 6) is 0.448. The van der Waals surface area contributed by atoms with E-state index in [4.69, 9.17) is 18.9 Å². The van der Waals surface area contributed by atoms with Crippen LogP contribution in [-0.2, 0) is 14.3 Å². The molecule has 0 spiro atoms. The molecule has 1 aromatic heterocycles. The van der Waals surface area contributed by atoms with Gasteiger partial charge in [0.05, 0.1) is 33.5 Å². The quantitative estimate of drug-likeness (QED) is 0.509. The van der Waals surface area contributed by atoms with E-state index in [0.29, 0.717) is 65.5 Å². The van der Waals surface area contributed by atoms with Crippen LogP contribution in [0.25, 0.3) is 0 Å². The molecule has 0 saturated heterocycles. The average molecular weight is 498 g/mol. The van der Waals surface area contributed by atoms with Crippen LogP contribution >= 0.6 is 11.3 Å². The van der Waals surface area contributed by atoms with Crippen molar-refractivity contribution in [1.82, 2.24) is 5.32 Å². The van der Waals surface area contributed by atoms with Gasteiger partial charge in [0.2, 0.25) is 5.75 Å². The van der Waals surface area contributed by atoms with E-state index in [2.05, 4.69) is 11.4 Å². The standard InChI is InChI=1S/C27H31NO6S/c1-6-9-34-27(30)23-15(2)28-18-11-16(22-8-7-10-35-22)12-19(29)25(18)24(23)17-13-20(31-3)26(33-5)21(14-17)32-4/h7-8,10,13-14,16,24,28H,6,9,11-12H2,1-5H3. The lowest BCUT2D eigenvalue weighted by molar-refractivity contribution is -0.139. The van der Waals surface area contributed by atoms with Crippen LogP contribution in [-0.4, -0.2) is 39.7 Å². The van der Waals surface area contributed by atoms with Crippen LogP contribution in [0.1, 0.15) is 55.4 Å². The topological polar surface area (TPSA) is 83.1 Å². The van der Waals surface area contributed by atoms with Crippen LogP contribution in [0, 0.1) is 0 Å². The lowest BCUT2D eigenvalue weighted by Gasteiger charge is -2.36. The first kappa shape index (κ1) is 24.9. The third-order valence-corrected chi connectivity index (χ3v) is 7.49. The van der Waals surface area contributed by atoms with Gasteiger partial charge in [-0.15, -0.1) is 11.3 Å². The number of hydrogen-bond acceptors (Lipinski definition) is 8. The Hall–Kier alpha value is -3.26. The van der Waals surface area contributed by atoms with Crippen molar-refractivity contribution in [1.29, 1.82) is 0 Å². The van der Waals surface area contributed by atoms with Crippen LogP contribution in [0.4, 0.5) is 0 Å². The molecule has 1 aliphatic carbocycles. The van der Waals surface area contributed by atoms with Crippen LogP contribution in [0.15, 0.2) is 52.2 Å². The summed E-state index contributed by atoms with van der Waals surface area (Å²) < 4.78 is 22.2. The maximum Gasteiger partial charge on any atom is 0.336 e. The summed E-state index contributed by atoms with van der Waals surface area (Å²) in [6.07, 6.45) is 1.78. The number of thiophene rings is 1. The summed E-state index contributed by atoms with van der Waals surface area (Å²) in [6, 6.07) is 7.69. The summed E-state index contributed by atoms with van der Waals surface area (Å²) in [6.45, 7) is 4.11. The number of Topliss-reactive ketones (excluding diaryl/α,β-unsaturated/α-hetero) is 1. The highest BCUT2D eigenvalue weighted by atomic mass is 32.1. The fourth-order valence-corrected chi connectivity index (χ4v) is 5.74. The Morgan fingerprint density at radius 2 is 1.83 bits per heavy atom. The Kier molecular flexibility index (Phi) is 7.50. The molecule has 0 bridgehead atoms. The lowest BCUT2D eigenvalue weighted by atomic mass is 9.72. The zero-order valence-electron chi connectivity index (χ0n) is 20.7. The lowest BCUT2D eigenvalue weighted by Crippen LogP contribution is -2.36. The van der Waals surface area contributed by atoms with Gasteiger partial charge >= 0.3 is 5.97 Å². The minimum atomic E-state index is -0.610. The number of methoxy groups -OCH3 is 3. The Morgan fingerprint density at radius 1 is 1.11 bits per heavy atom. The fraction of sp³-hybridized carbons (Fsp3) is 0.407. The number of benzene rings is 1. The summed E-state index contributed by atoms with van der Waals surface area (Å²) in [4.78, 5) is 28.1. The van der Waals surface area contributed by atoms with Crippen LogP contribution < -0.4 is 19.5 Å². The number of nitrogens with one attached hydrogen (secondary N) is 1. The molecule has 1 N–H and O–H groups in total. The average Bonchev–Trinajstić information content (AvgIpc) is 3.40. The normalized spacial score (nSPS) is 19.7. The molecular formula is C27H31NO6S. The second-order valence-electron chi connectivity index (χ2n) is 8.63. The molecule has 2 aliphatic rings. The molecular weight excluding hydrogens is 466 g/mol. The molecule has 7 nitrogen and oxygen atoms in total. The summed E-state index contributed by atoms with van der Waals surface area (Å²) in [5.41, 5.74) is 3.26. The summed E-state index contributed by atoms with van der Waals surface area (Å²) >= 11 is 1.66. The molecule has 2 atom stereocenters. The molecule has 186 valence electrons. The number of dihydropyridines is 1.